The molecule has 0 aromatic heterocycles. The Balaban J connectivity index is 1.55. The van der Waals surface area contributed by atoms with Crippen LogP contribution in [0, 0.1) is 25.6 Å². The van der Waals surface area contributed by atoms with Crippen molar-refractivity contribution in [2.24, 2.45) is 5.92 Å². The molecular formula is C24H28FN3O5S. The third-order valence-electron chi connectivity index (χ3n) is 6.29. The van der Waals surface area contributed by atoms with Gasteiger partial charge in [-0.2, -0.15) is 4.31 Å². The van der Waals surface area contributed by atoms with Crippen LogP contribution in [0.5, 0.6) is 5.75 Å². The molecule has 2 aromatic carbocycles. The summed E-state index contributed by atoms with van der Waals surface area (Å²) >= 11 is 0. The molecule has 1 saturated heterocycles. The second-order valence-corrected chi connectivity index (χ2v) is 10.7. The van der Waals surface area contributed by atoms with Gasteiger partial charge in [0.25, 0.3) is 5.91 Å². The van der Waals surface area contributed by atoms with Gasteiger partial charge in [0, 0.05) is 24.8 Å². The van der Waals surface area contributed by atoms with Crippen LogP contribution < -0.4 is 15.4 Å². The number of aryl methyl sites for hydroxylation is 2. The minimum absolute atomic E-state index is 0.0418. The second kappa shape index (κ2) is 9.34. The van der Waals surface area contributed by atoms with Gasteiger partial charge in [0.15, 0.2) is 6.10 Å². The van der Waals surface area contributed by atoms with Crippen LogP contribution in [-0.2, 0) is 19.6 Å². The van der Waals surface area contributed by atoms with E-state index in [1.54, 1.807) is 19.9 Å². The number of benzene rings is 2. The summed E-state index contributed by atoms with van der Waals surface area (Å²) < 4.78 is 47.5. The average Bonchev–Trinajstić information content (AvgIpc) is 2.80. The number of halogens is 1. The highest BCUT2D eigenvalue weighted by Crippen LogP contribution is 2.36. The van der Waals surface area contributed by atoms with Gasteiger partial charge in [-0.3, -0.25) is 9.59 Å². The number of amides is 2. The van der Waals surface area contributed by atoms with Crippen LogP contribution in [0.15, 0.2) is 35.2 Å². The van der Waals surface area contributed by atoms with Gasteiger partial charge in [-0.25, -0.2) is 12.8 Å². The van der Waals surface area contributed by atoms with Gasteiger partial charge in [0.05, 0.1) is 16.5 Å². The Morgan fingerprint density at radius 3 is 2.71 bits per heavy atom. The van der Waals surface area contributed by atoms with Crippen molar-refractivity contribution in [1.82, 2.24) is 4.31 Å². The Morgan fingerprint density at radius 1 is 1.24 bits per heavy atom. The molecule has 2 aliphatic heterocycles. The lowest BCUT2D eigenvalue weighted by molar-refractivity contribution is -0.123. The summed E-state index contributed by atoms with van der Waals surface area (Å²) in [5, 5.41) is 5.56. The van der Waals surface area contributed by atoms with Crippen LogP contribution in [0.1, 0.15) is 37.3 Å². The van der Waals surface area contributed by atoms with E-state index in [-0.39, 0.29) is 29.1 Å². The zero-order chi connectivity index (χ0) is 24.6. The molecule has 0 radical (unpaired) electrons. The Kier molecular flexibility index (Phi) is 6.64. The summed E-state index contributed by atoms with van der Waals surface area (Å²) in [5.41, 5.74) is 2.01. The first kappa shape index (κ1) is 24.2. The summed E-state index contributed by atoms with van der Waals surface area (Å²) in [7, 11) is -3.91. The van der Waals surface area contributed by atoms with Crippen LogP contribution in [-0.4, -0.2) is 43.7 Å². The third-order valence-corrected chi connectivity index (χ3v) is 8.29. The number of fused-ring (bicyclic) bond motifs is 1. The molecule has 2 atom stereocenters. The van der Waals surface area contributed by atoms with E-state index in [9.17, 15) is 22.4 Å². The molecule has 0 saturated carbocycles. The van der Waals surface area contributed by atoms with Gasteiger partial charge in [0.1, 0.15) is 11.6 Å². The maximum atomic E-state index is 13.5. The van der Waals surface area contributed by atoms with E-state index >= 15 is 0 Å². The Morgan fingerprint density at radius 2 is 2.00 bits per heavy atom. The second-order valence-electron chi connectivity index (χ2n) is 8.77. The van der Waals surface area contributed by atoms with Crippen molar-refractivity contribution in [2.45, 2.75) is 51.0 Å². The van der Waals surface area contributed by atoms with E-state index in [4.69, 9.17) is 4.74 Å². The van der Waals surface area contributed by atoms with Crippen molar-refractivity contribution in [3.8, 4) is 5.75 Å². The van der Waals surface area contributed by atoms with Gasteiger partial charge in [-0.15, -0.1) is 0 Å². The molecule has 2 heterocycles. The van der Waals surface area contributed by atoms with Crippen molar-refractivity contribution in [2.75, 3.05) is 23.7 Å². The number of rotatable bonds is 5. The molecule has 2 amide bonds. The first-order valence-corrected chi connectivity index (χ1v) is 12.7. The zero-order valence-corrected chi connectivity index (χ0v) is 20.2. The van der Waals surface area contributed by atoms with Crippen LogP contribution in [0.2, 0.25) is 0 Å². The maximum absolute atomic E-state index is 13.5. The standard InChI is InChI=1S/C24H28FN3O5S/c1-4-20-24(30)27-19-11-15(3)22(12-21(19)33-20)34(31,32)28-9-5-6-16(13-28)23(29)26-18-8-7-17(25)10-14(18)2/h7-8,10-12,16,20H,4-6,9,13H2,1-3H3,(H,26,29)(H,27,30)/t16-,20-/m1/s1. The minimum atomic E-state index is -3.91. The minimum Gasteiger partial charge on any atom is -0.478 e. The quantitative estimate of drug-likeness (QED) is 0.668. The van der Waals surface area contributed by atoms with E-state index < -0.39 is 22.0 Å². The molecule has 34 heavy (non-hydrogen) atoms. The molecule has 182 valence electrons. The highest BCUT2D eigenvalue weighted by atomic mass is 32.2. The van der Waals surface area contributed by atoms with Gasteiger partial charge >= 0.3 is 0 Å². The molecule has 2 aliphatic rings. The fraction of sp³-hybridized carbons (Fsp3) is 0.417. The number of piperidine rings is 1. The first-order chi connectivity index (χ1) is 16.1. The molecule has 2 N–H and O–H groups in total. The topological polar surface area (TPSA) is 105 Å². The van der Waals surface area contributed by atoms with Crippen molar-refractivity contribution in [3.05, 3.63) is 47.3 Å². The average molecular weight is 490 g/mol. The fourth-order valence-electron chi connectivity index (χ4n) is 4.35. The number of sulfonamides is 1. The first-order valence-electron chi connectivity index (χ1n) is 11.3. The number of nitrogens with zero attached hydrogens (tertiary/aromatic N) is 1. The summed E-state index contributed by atoms with van der Waals surface area (Å²) in [5.74, 6) is -1.17. The number of anilines is 2. The number of carbonyl (C=O) groups excluding carboxylic acids is 2. The number of hydrogen-bond acceptors (Lipinski definition) is 5. The Bertz CT molecular complexity index is 1250. The molecule has 10 heteroatoms. The Hall–Kier alpha value is -2.98. The number of ether oxygens (including phenoxy) is 1. The third kappa shape index (κ3) is 4.65. The SMILES string of the molecule is CC[C@H]1Oc2cc(S(=O)(=O)N3CCC[C@@H](C(=O)Nc4ccc(F)cc4C)C3)c(C)cc2NC1=O. The van der Waals surface area contributed by atoms with Crippen molar-refractivity contribution in [3.63, 3.8) is 0 Å². The molecule has 0 unspecified atom stereocenters. The Labute approximate surface area is 198 Å². The molecule has 8 nitrogen and oxygen atoms in total. The lowest BCUT2D eigenvalue weighted by Crippen LogP contribution is -2.44. The molecule has 1 fully saturated rings. The molecule has 0 aliphatic carbocycles. The largest absolute Gasteiger partial charge is 0.478 e. The monoisotopic (exact) mass is 489 g/mol. The molecular weight excluding hydrogens is 461 g/mol. The predicted octanol–water partition coefficient (Wildman–Crippen LogP) is 3.59. The lowest BCUT2D eigenvalue weighted by atomic mass is 9.98. The van der Waals surface area contributed by atoms with Gasteiger partial charge in [0.2, 0.25) is 15.9 Å². The van der Waals surface area contributed by atoms with E-state index in [0.717, 1.165) is 0 Å². The van der Waals surface area contributed by atoms with Gasteiger partial charge < -0.3 is 15.4 Å². The van der Waals surface area contributed by atoms with Crippen LogP contribution >= 0.6 is 0 Å². The molecule has 0 spiro atoms. The highest BCUT2D eigenvalue weighted by Gasteiger charge is 2.36. The summed E-state index contributed by atoms with van der Waals surface area (Å²) in [6.45, 7) is 5.51. The maximum Gasteiger partial charge on any atom is 0.265 e. The lowest BCUT2D eigenvalue weighted by Gasteiger charge is -2.32. The summed E-state index contributed by atoms with van der Waals surface area (Å²) in [6, 6.07) is 7.15. The highest BCUT2D eigenvalue weighted by molar-refractivity contribution is 7.89. The fourth-order valence-corrected chi connectivity index (χ4v) is 6.09. The van der Waals surface area contributed by atoms with Gasteiger partial charge in [-0.1, -0.05) is 6.92 Å². The normalized spacial score (nSPS) is 20.8. The van der Waals surface area contributed by atoms with Crippen LogP contribution in [0.4, 0.5) is 15.8 Å². The van der Waals surface area contributed by atoms with Crippen molar-refractivity contribution >= 4 is 33.2 Å². The van der Waals surface area contributed by atoms with E-state index in [1.165, 1.54) is 28.6 Å². The van der Waals surface area contributed by atoms with Crippen LogP contribution in [0.3, 0.4) is 0 Å². The van der Waals surface area contributed by atoms with Crippen LogP contribution in [0.25, 0.3) is 0 Å². The van der Waals surface area contributed by atoms with E-state index in [2.05, 4.69) is 10.6 Å². The number of carbonyl (C=O) groups is 2. The summed E-state index contributed by atoms with van der Waals surface area (Å²) in [4.78, 5) is 25.1. The van der Waals surface area contributed by atoms with Crippen molar-refractivity contribution in [1.29, 1.82) is 0 Å². The van der Waals surface area contributed by atoms with E-state index in [0.29, 0.717) is 54.1 Å². The molecule has 4 rings (SSSR count). The smallest absolute Gasteiger partial charge is 0.265 e. The number of nitrogens with one attached hydrogen (secondary N) is 2. The van der Waals surface area contributed by atoms with E-state index in [1.807, 2.05) is 6.92 Å². The van der Waals surface area contributed by atoms with Crippen molar-refractivity contribution < 1.29 is 27.1 Å². The molecule has 2 aromatic rings. The zero-order valence-electron chi connectivity index (χ0n) is 19.4. The van der Waals surface area contributed by atoms with Gasteiger partial charge in [-0.05, 0) is 68.5 Å². The number of hydrogen-bond donors (Lipinski definition) is 2. The predicted molar refractivity (Wildman–Crippen MR) is 126 cm³/mol. The summed E-state index contributed by atoms with van der Waals surface area (Å²) in [6.07, 6.45) is 0.865. The molecule has 0 bridgehead atoms.